The number of anilines is 1. The molecule has 0 bridgehead atoms. The number of aryl methyl sites for hydroxylation is 1. The molecule has 1 aromatic heterocycles. The molecule has 0 fully saturated rings. The van der Waals surface area contributed by atoms with Crippen LogP contribution in [0.5, 0.6) is 0 Å². The third kappa shape index (κ3) is 2.63. The molecule has 0 aliphatic heterocycles. The molecule has 0 unspecified atom stereocenters. The summed E-state index contributed by atoms with van der Waals surface area (Å²) in [6.45, 7) is 0.397. The number of nitrogens with two attached hydrogens (primary N) is 1. The molecule has 0 saturated carbocycles. The number of nitrogens with zero attached hydrogens (tertiary/aromatic N) is 2. The van der Waals surface area contributed by atoms with Gasteiger partial charge in [-0.2, -0.15) is 5.10 Å². The van der Waals surface area contributed by atoms with Gasteiger partial charge in [0.15, 0.2) is 0 Å². The van der Waals surface area contributed by atoms with Crippen LogP contribution in [-0.2, 0) is 13.6 Å². The molecule has 5 heteroatoms. The molecule has 1 aromatic carbocycles. The van der Waals surface area contributed by atoms with Crippen LogP contribution in [0.3, 0.4) is 0 Å². The molecule has 0 radical (unpaired) electrons. The van der Waals surface area contributed by atoms with Crippen molar-refractivity contribution in [2.24, 2.45) is 7.05 Å². The van der Waals surface area contributed by atoms with Crippen molar-refractivity contribution in [1.29, 1.82) is 0 Å². The predicted molar refractivity (Wildman–Crippen MR) is 65.2 cm³/mol. The van der Waals surface area contributed by atoms with E-state index in [-0.39, 0.29) is 5.91 Å². The van der Waals surface area contributed by atoms with E-state index in [9.17, 15) is 4.79 Å². The number of rotatable bonds is 3. The zero-order chi connectivity index (χ0) is 12.3. The number of hydrogen-bond acceptors (Lipinski definition) is 3. The second kappa shape index (κ2) is 4.69. The van der Waals surface area contributed by atoms with Crippen molar-refractivity contribution >= 4 is 11.6 Å². The van der Waals surface area contributed by atoms with Gasteiger partial charge in [0.1, 0.15) is 0 Å². The lowest BCUT2D eigenvalue weighted by Crippen LogP contribution is -2.24. The molecule has 3 N–H and O–H groups in total. The van der Waals surface area contributed by atoms with E-state index in [1.54, 1.807) is 28.9 Å². The lowest BCUT2D eigenvalue weighted by Gasteiger charge is -2.05. The van der Waals surface area contributed by atoms with Crippen LogP contribution in [0.4, 0.5) is 5.69 Å². The molecule has 0 atom stereocenters. The second-order valence-electron chi connectivity index (χ2n) is 3.75. The van der Waals surface area contributed by atoms with Crippen LogP contribution in [-0.4, -0.2) is 15.7 Å². The molecule has 2 rings (SSSR count). The number of hydrogen-bond donors (Lipinski definition) is 2. The molecule has 88 valence electrons. The largest absolute Gasteiger partial charge is 0.398 e. The van der Waals surface area contributed by atoms with Gasteiger partial charge in [0, 0.05) is 18.9 Å². The topological polar surface area (TPSA) is 72.9 Å². The smallest absolute Gasteiger partial charge is 0.253 e. The number of nitrogen functional groups attached to an aromatic ring is 1. The third-order valence-electron chi connectivity index (χ3n) is 2.40. The number of benzene rings is 1. The summed E-state index contributed by atoms with van der Waals surface area (Å²) in [5.41, 5.74) is 7.50. The Balaban J connectivity index is 2.01. The van der Waals surface area contributed by atoms with Gasteiger partial charge in [-0.1, -0.05) is 12.1 Å². The van der Waals surface area contributed by atoms with Gasteiger partial charge in [0.05, 0.1) is 17.8 Å². The van der Waals surface area contributed by atoms with Crippen molar-refractivity contribution in [1.82, 2.24) is 15.1 Å². The molecule has 5 nitrogen and oxygen atoms in total. The Morgan fingerprint density at radius 1 is 1.41 bits per heavy atom. The average molecular weight is 230 g/mol. The Morgan fingerprint density at radius 2 is 2.18 bits per heavy atom. The summed E-state index contributed by atoms with van der Waals surface area (Å²) in [6.07, 6.45) is 1.83. The summed E-state index contributed by atoms with van der Waals surface area (Å²) in [7, 11) is 1.83. The van der Waals surface area contributed by atoms with Crippen molar-refractivity contribution in [3.63, 3.8) is 0 Å². The zero-order valence-corrected chi connectivity index (χ0v) is 9.55. The maximum atomic E-state index is 11.8. The van der Waals surface area contributed by atoms with Gasteiger partial charge in [-0.15, -0.1) is 0 Å². The van der Waals surface area contributed by atoms with Crippen LogP contribution in [0, 0.1) is 0 Å². The molecule has 1 amide bonds. The Morgan fingerprint density at radius 3 is 2.82 bits per heavy atom. The van der Waals surface area contributed by atoms with Crippen LogP contribution in [0.1, 0.15) is 16.1 Å². The first kappa shape index (κ1) is 11.2. The zero-order valence-electron chi connectivity index (χ0n) is 9.55. The number of nitrogens with one attached hydrogen (secondary N) is 1. The predicted octanol–water partition coefficient (Wildman–Crippen LogP) is 0.932. The van der Waals surface area contributed by atoms with Crippen LogP contribution in [0.15, 0.2) is 36.5 Å². The van der Waals surface area contributed by atoms with Gasteiger partial charge in [-0.05, 0) is 18.2 Å². The van der Waals surface area contributed by atoms with Crippen LogP contribution < -0.4 is 11.1 Å². The highest BCUT2D eigenvalue weighted by Crippen LogP contribution is 2.10. The number of carbonyl (C=O) groups excluding carboxylic acids is 1. The molecule has 0 spiro atoms. The molecule has 0 aliphatic rings. The molecular weight excluding hydrogens is 216 g/mol. The normalized spacial score (nSPS) is 10.2. The van der Waals surface area contributed by atoms with E-state index in [4.69, 9.17) is 5.73 Å². The minimum atomic E-state index is -0.186. The number of aromatic nitrogens is 2. The maximum absolute atomic E-state index is 11.8. The molecule has 0 aliphatic carbocycles. The molecule has 1 heterocycles. The Hall–Kier alpha value is -2.30. The summed E-state index contributed by atoms with van der Waals surface area (Å²) < 4.78 is 1.69. The van der Waals surface area contributed by atoms with Crippen molar-refractivity contribution < 1.29 is 4.79 Å². The quantitative estimate of drug-likeness (QED) is 0.770. The minimum Gasteiger partial charge on any atom is -0.398 e. The van der Waals surface area contributed by atoms with E-state index in [0.717, 1.165) is 5.69 Å². The monoisotopic (exact) mass is 230 g/mol. The summed E-state index contributed by atoms with van der Waals surface area (Å²) >= 11 is 0. The fourth-order valence-corrected chi connectivity index (χ4v) is 1.53. The van der Waals surface area contributed by atoms with Gasteiger partial charge in [0.25, 0.3) is 5.91 Å². The lowest BCUT2D eigenvalue weighted by atomic mass is 10.1. The van der Waals surface area contributed by atoms with Gasteiger partial charge in [-0.3, -0.25) is 9.48 Å². The van der Waals surface area contributed by atoms with Crippen LogP contribution in [0.2, 0.25) is 0 Å². The third-order valence-corrected chi connectivity index (χ3v) is 2.40. The molecular formula is C12H14N4O. The minimum absolute atomic E-state index is 0.186. The first-order valence-corrected chi connectivity index (χ1v) is 5.28. The Labute approximate surface area is 99.2 Å². The standard InChI is InChI=1S/C12H14N4O/c1-16-7-6-9(15-16)8-14-12(17)10-4-2-3-5-11(10)13/h2-7H,8,13H2,1H3,(H,14,17). The highest BCUT2D eigenvalue weighted by molar-refractivity contribution is 5.98. The average Bonchev–Trinajstić information content (AvgIpc) is 2.73. The van der Waals surface area contributed by atoms with Gasteiger partial charge < -0.3 is 11.1 Å². The Kier molecular flexibility index (Phi) is 3.09. The highest BCUT2D eigenvalue weighted by atomic mass is 16.1. The van der Waals surface area contributed by atoms with Gasteiger partial charge in [-0.25, -0.2) is 0 Å². The fourth-order valence-electron chi connectivity index (χ4n) is 1.53. The van der Waals surface area contributed by atoms with Crippen molar-refractivity contribution in [2.75, 3.05) is 5.73 Å². The summed E-state index contributed by atoms with van der Waals surface area (Å²) in [5, 5.41) is 6.94. The second-order valence-corrected chi connectivity index (χ2v) is 3.75. The first-order valence-electron chi connectivity index (χ1n) is 5.28. The number of para-hydroxylation sites is 1. The summed E-state index contributed by atoms with van der Waals surface area (Å²) in [4.78, 5) is 11.8. The van der Waals surface area contributed by atoms with Crippen molar-refractivity contribution in [3.05, 3.63) is 47.8 Å². The van der Waals surface area contributed by atoms with E-state index < -0.39 is 0 Å². The molecule has 17 heavy (non-hydrogen) atoms. The van der Waals surface area contributed by atoms with Crippen molar-refractivity contribution in [3.8, 4) is 0 Å². The fraction of sp³-hybridized carbons (Fsp3) is 0.167. The number of amides is 1. The van der Waals surface area contributed by atoms with E-state index >= 15 is 0 Å². The van der Waals surface area contributed by atoms with Crippen LogP contribution >= 0.6 is 0 Å². The first-order chi connectivity index (χ1) is 8.16. The molecule has 0 saturated heterocycles. The molecule has 2 aromatic rings. The van der Waals surface area contributed by atoms with Gasteiger partial charge >= 0.3 is 0 Å². The van der Waals surface area contributed by atoms with E-state index in [1.165, 1.54) is 0 Å². The maximum Gasteiger partial charge on any atom is 0.253 e. The van der Waals surface area contributed by atoms with E-state index in [1.807, 2.05) is 19.3 Å². The summed E-state index contributed by atoms with van der Waals surface area (Å²) in [6, 6.07) is 8.84. The summed E-state index contributed by atoms with van der Waals surface area (Å²) in [5.74, 6) is -0.186. The van der Waals surface area contributed by atoms with E-state index in [0.29, 0.717) is 17.8 Å². The number of carbonyl (C=O) groups is 1. The lowest BCUT2D eigenvalue weighted by molar-refractivity contribution is 0.0951. The Bertz CT molecular complexity index is 533. The highest BCUT2D eigenvalue weighted by Gasteiger charge is 2.08. The van der Waals surface area contributed by atoms with Crippen LogP contribution in [0.25, 0.3) is 0 Å². The SMILES string of the molecule is Cn1ccc(CNC(=O)c2ccccc2N)n1. The van der Waals surface area contributed by atoms with E-state index in [2.05, 4.69) is 10.4 Å². The van der Waals surface area contributed by atoms with Gasteiger partial charge in [0.2, 0.25) is 0 Å². The van der Waals surface area contributed by atoms with Crippen molar-refractivity contribution in [2.45, 2.75) is 6.54 Å².